The number of rotatable bonds is 4. The van der Waals surface area contributed by atoms with Crippen molar-refractivity contribution < 1.29 is 4.74 Å². The van der Waals surface area contributed by atoms with Crippen molar-refractivity contribution in [3.8, 4) is 5.75 Å². The second-order valence-electron chi connectivity index (χ2n) is 5.53. The molecular formula is C18H21NO. The number of fused-ring (bicyclic) bond motifs is 1. The van der Waals surface area contributed by atoms with Gasteiger partial charge in [0.25, 0.3) is 0 Å². The standard InChI is InChI=1S/C18H21NO/c1-13-7-3-4-8-16(13)14(2)19-11-15-12-20-18-10-6-5-9-17(15)18/h3-10,14-15,19H,11-12H2,1-2H3/t14-,15?/m0/s1. The Hall–Kier alpha value is -1.80. The fourth-order valence-corrected chi connectivity index (χ4v) is 2.90. The van der Waals surface area contributed by atoms with E-state index in [-0.39, 0.29) is 0 Å². The summed E-state index contributed by atoms with van der Waals surface area (Å²) in [5.74, 6) is 1.50. The van der Waals surface area contributed by atoms with Gasteiger partial charge in [0.15, 0.2) is 0 Å². The number of ether oxygens (including phenoxy) is 1. The lowest BCUT2D eigenvalue weighted by molar-refractivity contribution is 0.323. The van der Waals surface area contributed by atoms with Crippen molar-refractivity contribution in [2.45, 2.75) is 25.8 Å². The van der Waals surface area contributed by atoms with Crippen LogP contribution in [0.2, 0.25) is 0 Å². The highest BCUT2D eigenvalue weighted by Crippen LogP contribution is 2.33. The van der Waals surface area contributed by atoms with Crippen molar-refractivity contribution >= 4 is 0 Å². The molecule has 104 valence electrons. The number of nitrogens with one attached hydrogen (secondary N) is 1. The molecule has 2 heteroatoms. The van der Waals surface area contributed by atoms with Gasteiger partial charge in [-0.2, -0.15) is 0 Å². The average molecular weight is 267 g/mol. The van der Waals surface area contributed by atoms with Crippen LogP contribution in [0, 0.1) is 6.92 Å². The van der Waals surface area contributed by atoms with Gasteiger partial charge in [-0.05, 0) is 31.0 Å². The highest BCUT2D eigenvalue weighted by Gasteiger charge is 2.23. The van der Waals surface area contributed by atoms with E-state index in [2.05, 4.69) is 61.6 Å². The van der Waals surface area contributed by atoms with Gasteiger partial charge in [-0.25, -0.2) is 0 Å². The minimum Gasteiger partial charge on any atom is -0.493 e. The van der Waals surface area contributed by atoms with Crippen molar-refractivity contribution in [1.82, 2.24) is 5.32 Å². The molecule has 0 aliphatic carbocycles. The summed E-state index contributed by atoms with van der Waals surface area (Å²) in [7, 11) is 0. The summed E-state index contributed by atoms with van der Waals surface area (Å²) >= 11 is 0. The van der Waals surface area contributed by atoms with E-state index in [4.69, 9.17) is 4.74 Å². The van der Waals surface area contributed by atoms with E-state index in [1.165, 1.54) is 16.7 Å². The molecule has 0 bridgehead atoms. The smallest absolute Gasteiger partial charge is 0.122 e. The van der Waals surface area contributed by atoms with Crippen molar-refractivity contribution in [3.63, 3.8) is 0 Å². The Morgan fingerprint density at radius 3 is 2.75 bits per heavy atom. The number of para-hydroxylation sites is 1. The maximum atomic E-state index is 5.73. The minimum atomic E-state index is 0.365. The van der Waals surface area contributed by atoms with Gasteiger partial charge in [0, 0.05) is 24.1 Å². The number of aryl methyl sites for hydroxylation is 1. The fourth-order valence-electron chi connectivity index (χ4n) is 2.90. The first-order valence-corrected chi connectivity index (χ1v) is 7.26. The average Bonchev–Trinajstić information content (AvgIpc) is 2.88. The van der Waals surface area contributed by atoms with Gasteiger partial charge in [0.2, 0.25) is 0 Å². The minimum absolute atomic E-state index is 0.365. The van der Waals surface area contributed by atoms with E-state index < -0.39 is 0 Å². The third-order valence-electron chi connectivity index (χ3n) is 4.12. The summed E-state index contributed by atoms with van der Waals surface area (Å²) in [5.41, 5.74) is 4.05. The van der Waals surface area contributed by atoms with Crippen LogP contribution in [0.1, 0.15) is 35.6 Å². The van der Waals surface area contributed by atoms with Crippen molar-refractivity contribution in [2.24, 2.45) is 0 Å². The molecule has 0 radical (unpaired) electrons. The van der Waals surface area contributed by atoms with Crippen LogP contribution in [0.5, 0.6) is 5.75 Å². The molecule has 3 rings (SSSR count). The summed E-state index contributed by atoms with van der Waals surface area (Å²) in [5, 5.41) is 3.64. The molecule has 2 nitrogen and oxygen atoms in total. The number of hydrogen-bond donors (Lipinski definition) is 1. The largest absolute Gasteiger partial charge is 0.493 e. The first-order chi connectivity index (χ1) is 9.75. The van der Waals surface area contributed by atoms with E-state index >= 15 is 0 Å². The van der Waals surface area contributed by atoms with E-state index in [1.54, 1.807) is 0 Å². The molecule has 1 aliphatic rings. The zero-order chi connectivity index (χ0) is 13.9. The van der Waals surface area contributed by atoms with Gasteiger partial charge < -0.3 is 10.1 Å². The third kappa shape index (κ3) is 2.56. The predicted octanol–water partition coefficient (Wildman–Crippen LogP) is 3.82. The van der Waals surface area contributed by atoms with Crippen molar-refractivity contribution in [1.29, 1.82) is 0 Å². The molecule has 1 heterocycles. The Balaban J connectivity index is 1.65. The van der Waals surface area contributed by atoms with Gasteiger partial charge in [0.1, 0.15) is 5.75 Å². The highest BCUT2D eigenvalue weighted by atomic mass is 16.5. The Labute approximate surface area is 120 Å². The molecule has 0 aromatic heterocycles. The molecule has 0 saturated heterocycles. The van der Waals surface area contributed by atoms with Crippen LogP contribution >= 0.6 is 0 Å². The first kappa shape index (κ1) is 13.2. The van der Waals surface area contributed by atoms with E-state index in [9.17, 15) is 0 Å². The second kappa shape index (κ2) is 5.68. The molecular weight excluding hydrogens is 246 g/mol. The lowest BCUT2D eigenvalue weighted by Gasteiger charge is -2.19. The lowest BCUT2D eigenvalue weighted by Crippen LogP contribution is -2.25. The maximum Gasteiger partial charge on any atom is 0.122 e. The topological polar surface area (TPSA) is 21.3 Å². The van der Waals surface area contributed by atoms with E-state index in [1.807, 2.05) is 6.07 Å². The molecule has 1 N–H and O–H groups in total. The van der Waals surface area contributed by atoms with Gasteiger partial charge in [0.05, 0.1) is 6.61 Å². The summed E-state index contributed by atoms with van der Waals surface area (Å²) in [6, 6.07) is 17.3. The summed E-state index contributed by atoms with van der Waals surface area (Å²) in [6.45, 7) is 6.13. The number of benzene rings is 2. The molecule has 0 saturated carbocycles. The zero-order valence-electron chi connectivity index (χ0n) is 12.1. The molecule has 2 aromatic carbocycles. The third-order valence-corrected chi connectivity index (χ3v) is 4.12. The summed E-state index contributed by atoms with van der Waals surface area (Å²) in [4.78, 5) is 0. The molecule has 0 amide bonds. The van der Waals surface area contributed by atoms with Crippen molar-refractivity contribution in [3.05, 3.63) is 65.2 Å². The van der Waals surface area contributed by atoms with E-state index in [0.29, 0.717) is 12.0 Å². The van der Waals surface area contributed by atoms with Crippen LogP contribution in [0.3, 0.4) is 0 Å². The maximum absolute atomic E-state index is 5.73. The van der Waals surface area contributed by atoms with Crippen LogP contribution in [-0.2, 0) is 0 Å². The molecule has 0 fully saturated rings. The van der Waals surface area contributed by atoms with Crippen LogP contribution in [-0.4, -0.2) is 13.2 Å². The van der Waals surface area contributed by atoms with Crippen LogP contribution < -0.4 is 10.1 Å². The van der Waals surface area contributed by atoms with E-state index in [0.717, 1.165) is 18.9 Å². The van der Waals surface area contributed by atoms with Gasteiger partial charge >= 0.3 is 0 Å². The molecule has 2 atom stereocenters. The quantitative estimate of drug-likeness (QED) is 0.909. The molecule has 1 unspecified atom stereocenters. The normalized spacial score (nSPS) is 18.4. The second-order valence-corrected chi connectivity index (χ2v) is 5.53. The van der Waals surface area contributed by atoms with Gasteiger partial charge in [-0.15, -0.1) is 0 Å². The molecule has 2 aromatic rings. The van der Waals surface area contributed by atoms with Crippen LogP contribution in [0.4, 0.5) is 0 Å². The van der Waals surface area contributed by atoms with Crippen LogP contribution in [0.25, 0.3) is 0 Å². The van der Waals surface area contributed by atoms with Crippen molar-refractivity contribution in [2.75, 3.05) is 13.2 Å². The molecule has 20 heavy (non-hydrogen) atoms. The Morgan fingerprint density at radius 1 is 1.15 bits per heavy atom. The highest BCUT2D eigenvalue weighted by molar-refractivity contribution is 5.39. The van der Waals surface area contributed by atoms with Gasteiger partial charge in [-0.1, -0.05) is 42.5 Å². The molecule has 0 spiro atoms. The predicted molar refractivity (Wildman–Crippen MR) is 82.3 cm³/mol. The summed E-state index contributed by atoms with van der Waals surface area (Å²) < 4.78 is 5.73. The zero-order valence-corrected chi connectivity index (χ0v) is 12.1. The van der Waals surface area contributed by atoms with Crippen LogP contribution in [0.15, 0.2) is 48.5 Å². The molecule has 1 aliphatic heterocycles. The SMILES string of the molecule is Cc1ccccc1[C@H](C)NCC1COc2ccccc21. The monoisotopic (exact) mass is 267 g/mol. The fraction of sp³-hybridized carbons (Fsp3) is 0.333. The lowest BCUT2D eigenvalue weighted by atomic mass is 9.99. The Kier molecular flexibility index (Phi) is 3.75. The Bertz CT molecular complexity index is 593. The first-order valence-electron chi connectivity index (χ1n) is 7.26. The Morgan fingerprint density at radius 2 is 1.90 bits per heavy atom. The van der Waals surface area contributed by atoms with Gasteiger partial charge in [-0.3, -0.25) is 0 Å². The number of hydrogen-bond acceptors (Lipinski definition) is 2. The summed E-state index contributed by atoms with van der Waals surface area (Å²) in [6.07, 6.45) is 0.